The van der Waals surface area contributed by atoms with Crippen molar-refractivity contribution >= 4 is 33.4 Å². The molecule has 37 heavy (non-hydrogen) atoms. The van der Waals surface area contributed by atoms with Crippen LogP contribution in [0.5, 0.6) is 5.75 Å². The summed E-state index contributed by atoms with van der Waals surface area (Å²) >= 11 is 0. The number of hydrogen-bond donors (Lipinski definition) is 2. The second kappa shape index (κ2) is 8.49. The maximum absolute atomic E-state index is 12.2. The SMILES string of the molecule is CC1(C)Oc2cc(-c3ccnc(Nc4ccc(C5CC6CC5N(S(C)(=O)=O)C6)cc4)n3)cnc2NC1=O. The molecule has 11 heteroatoms. The van der Waals surface area contributed by atoms with E-state index in [1.807, 2.05) is 12.1 Å². The van der Waals surface area contributed by atoms with Gasteiger partial charge in [0, 0.05) is 42.1 Å². The van der Waals surface area contributed by atoms with Crippen molar-refractivity contribution in [1.82, 2.24) is 19.3 Å². The molecule has 2 bridgehead atoms. The summed E-state index contributed by atoms with van der Waals surface area (Å²) in [6.45, 7) is 4.05. The first kappa shape index (κ1) is 23.8. The summed E-state index contributed by atoms with van der Waals surface area (Å²) in [4.78, 5) is 25.4. The smallest absolute Gasteiger partial charge is 0.269 e. The van der Waals surface area contributed by atoms with E-state index in [1.165, 1.54) is 6.26 Å². The minimum absolute atomic E-state index is 0.0481. The van der Waals surface area contributed by atoms with Crippen LogP contribution in [-0.2, 0) is 14.8 Å². The molecule has 3 aromatic rings. The summed E-state index contributed by atoms with van der Waals surface area (Å²) < 4.78 is 31.9. The van der Waals surface area contributed by atoms with Crippen molar-refractivity contribution in [1.29, 1.82) is 0 Å². The van der Waals surface area contributed by atoms with Crippen LogP contribution >= 0.6 is 0 Å². The molecule has 2 N–H and O–H groups in total. The highest BCUT2D eigenvalue weighted by Crippen LogP contribution is 2.48. The number of carbonyl (C=O) groups excluding carboxylic acids is 1. The highest BCUT2D eigenvalue weighted by Gasteiger charge is 2.48. The summed E-state index contributed by atoms with van der Waals surface area (Å²) in [6.07, 6.45) is 6.56. The van der Waals surface area contributed by atoms with Crippen LogP contribution in [0.4, 0.5) is 17.5 Å². The number of aromatic nitrogens is 3. The van der Waals surface area contributed by atoms with E-state index >= 15 is 0 Å². The molecule has 2 aliphatic heterocycles. The Morgan fingerprint density at radius 2 is 1.92 bits per heavy atom. The van der Waals surface area contributed by atoms with Crippen molar-refractivity contribution in [2.75, 3.05) is 23.4 Å². The number of piperidine rings is 1. The van der Waals surface area contributed by atoms with Crippen LogP contribution < -0.4 is 15.4 Å². The first-order valence-corrected chi connectivity index (χ1v) is 14.1. The quantitative estimate of drug-likeness (QED) is 0.523. The molecule has 1 saturated carbocycles. The van der Waals surface area contributed by atoms with E-state index in [4.69, 9.17) is 4.74 Å². The molecule has 4 heterocycles. The largest absolute Gasteiger partial charge is 0.474 e. The molecular weight excluding hydrogens is 492 g/mol. The predicted molar refractivity (Wildman–Crippen MR) is 139 cm³/mol. The van der Waals surface area contributed by atoms with Gasteiger partial charge in [0.05, 0.1) is 11.9 Å². The van der Waals surface area contributed by atoms with E-state index in [0.29, 0.717) is 35.7 Å². The van der Waals surface area contributed by atoms with Crippen LogP contribution in [0, 0.1) is 5.92 Å². The maximum Gasteiger partial charge on any atom is 0.269 e. The highest BCUT2D eigenvalue weighted by molar-refractivity contribution is 7.88. The first-order valence-electron chi connectivity index (χ1n) is 12.2. The van der Waals surface area contributed by atoms with Gasteiger partial charge < -0.3 is 15.4 Å². The third kappa shape index (κ3) is 4.42. The zero-order valence-corrected chi connectivity index (χ0v) is 21.6. The monoisotopic (exact) mass is 520 g/mol. The minimum atomic E-state index is -3.19. The standard InChI is InChI=1S/C26H28N6O4S/c1-26(2)24(33)31-23-22(36-26)12-17(13-28-23)20-8-9-27-25(30-20)29-18-6-4-16(5-7-18)19-10-15-11-21(19)32(14-15)37(3,34)35/h4-9,12-13,15,19,21H,10-11,14H2,1-3H3,(H,27,29,30)(H,28,31,33). The number of pyridine rings is 1. The van der Waals surface area contributed by atoms with E-state index < -0.39 is 15.6 Å². The number of amides is 1. The summed E-state index contributed by atoms with van der Waals surface area (Å²) in [6, 6.07) is 11.7. The number of nitrogens with zero attached hydrogens (tertiary/aromatic N) is 4. The molecule has 3 unspecified atom stereocenters. The molecule has 6 rings (SSSR count). The number of anilines is 3. The lowest BCUT2D eigenvalue weighted by molar-refractivity contribution is -0.129. The lowest BCUT2D eigenvalue weighted by atomic mass is 9.91. The average molecular weight is 521 g/mol. The average Bonchev–Trinajstić information content (AvgIpc) is 3.47. The van der Waals surface area contributed by atoms with Gasteiger partial charge in [-0.2, -0.15) is 4.31 Å². The van der Waals surface area contributed by atoms with Gasteiger partial charge in [-0.15, -0.1) is 0 Å². The Hall–Kier alpha value is -3.57. The van der Waals surface area contributed by atoms with E-state index in [-0.39, 0.29) is 17.9 Å². The van der Waals surface area contributed by atoms with Crippen LogP contribution in [0.25, 0.3) is 11.3 Å². The summed E-state index contributed by atoms with van der Waals surface area (Å²) in [5.41, 5.74) is 2.39. The zero-order valence-electron chi connectivity index (χ0n) is 20.8. The van der Waals surface area contributed by atoms with Gasteiger partial charge in [-0.25, -0.2) is 23.4 Å². The van der Waals surface area contributed by atoms with Crippen LogP contribution in [0.2, 0.25) is 0 Å². The maximum atomic E-state index is 12.2. The van der Waals surface area contributed by atoms with E-state index in [1.54, 1.807) is 42.7 Å². The fraction of sp³-hybridized carbons (Fsp3) is 0.385. The molecule has 0 radical (unpaired) electrons. The van der Waals surface area contributed by atoms with Crippen LogP contribution in [0.15, 0.2) is 48.8 Å². The molecule has 3 aliphatic rings. The molecule has 2 aromatic heterocycles. The van der Waals surface area contributed by atoms with Gasteiger partial charge in [0.2, 0.25) is 16.0 Å². The first-order chi connectivity index (χ1) is 17.6. The summed E-state index contributed by atoms with van der Waals surface area (Å²) in [5.74, 6) is 1.71. The van der Waals surface area contributed by atoms with Gasteiger partial charge in [0.1, 0.15) is 0 Å². The molecule has 10 nitrogen and oxygen atoms in total. The van der Waals surface area contributed by atoms with E-state index in [0.717, 1.165) is 29.7 Å². The topological polar surface area (TPSA) is 126 Å². The summed E-state index contributed by atoms with van der Waals surface area (Å²) in [7, 11) is -3.19. The Kier molecular flexibility index (Phi) is 5.46. The van der Waals surface area contributed by atoms with Crippen molar-refractivity contribution in [2.45, 2.75) is 44.2 Å². The van der Waals surface area contributed by atoms with Gasteiger partial charge in [0.25, 0.3) is 5.91 Å². The number of ether oxygens (including phenoxy) is 1. The molecule has 1 aromatic carbocycles. The summed E-state index contributed by atoms with van der Waals surface area (Å²) in [5, 5.41) is 6.01. The molecular formula is C26H28N6O4S. The number of hydrogen-bond acceptors (Lipinski definition) is 8. The molecule has 1 saturated heterocycles. The van der Waals surface area contributed by atoms with Crippen LogP contribution in [-0.4, -0.2) is 58.0 Å². The zero-order chi connectivity index (χ0) is 25.9. The van der Waals surface area contributed by atoms with Gasteiger partial charge in [-0.1, -0.05) is 12.1 Å². The molecule has 2 fully saturated rings. The van der Waals surface area contributed by atoms with Crippen molar-refractivity contribution < 1.29 is 17.9 Å². The third-order valence-electron chi connectivity index (χ3n) is 7.40. The Morgan fingerprint density at radius 3 is 2.65 bits per heavy atom. The third-order valence-corrected chi connectivity index (χ3v) is 8.68. The Morgan fingerprint density at radius 1 is 1.14 bits per heavy atom. The van der Waals surface area contributed by atoms with Crippen molar-refractivity contribution in [3.8, 4) is 17.0 Å². The van der Waals surface area contributed by atoms with E-state index in [9.17, 15) is 13.2 Å². The van der Waals surface area contributed by atoms with Crippen molar-refractivity contribution in [3.63, 3.8) is 0 Å². The second-order valence-electron chi connectivity index (χ2n) is 10.5. The number of benzene rings is 1. The number of nitrogens with one attached hydrogen (secondary N) is 2. The number of fused-ring (bicyclic) bond motifs is 3. The number of sulfonamides is 1. The molecule has 0 spiro atoms. The highest BCUT2D eigenvalue weighted by atomic mass is 32.2. The second-order valence-corrected chi connectivity index (χ2v) is 12.4. The minimum Gasteiger partial charge on any atom is -0.474 e. The molecule has 1 aliphatic carbocycles. The molecule has 3 atom stereocenters. The fourth-order valence-electron chi connectivity index (χ4n) is 5.57. The number of carbonyl (C=O) groups is 1. The van der Waals surface area contributed by atoms with Crippen molar-refractivity contribution in [3.05, 3.63) is 54.4 Å². The number of rotatable bonds is 5. The fourth-order valence-corrected chi connectivity index (χ4v) is 6.78. The van der Waals surface area contributed by atoms with Gasteiger partial charge in [-0.05, 0) is 62.4 Å². The van der Waals surface area contributed by atoms with Gasteiger partial charge in [0.15, 0.2) is 17.2 Å². The van der Waals surface area contributed by atoms with Crippen LogP contribution in [0.1, 0.15) is 38.2 Å². The molecule has 192 valence electrons. The Balaban J connectivity index is 1.18. The normalized spacial score (nSPS) is 24.3. The Bertz CT molecular complexity index is 1490. The lowest BCUT2D eigenvalue weighted by Crippen LogP contribution is -2.45. The lowest BCUT2D eigenvalue weighted by Gasteiger charge is -2.31. The predicted octanol–water partition coefficient (Wildman–Crippen LogP) is 3.53. The van der Waals surface area contributed by atoms with Gasteiger partial charge >= 0.3 is 0 Å². The Labute approximate surface area is 215 Å². The molecule has 1 amide bonds. The van der Waals surface area contributed by atoms with Crippen molar-refractivity contribution in [2.24, 2.45) is 5.92 Å². The van der Waals surface area contributed by atoms with E-state index in [2.05, 4.69) is 37.7 Å². The van der Waals surface area contributed by atoms with Crippen LogP contribution in [0.3, 0.4) is 0 Å². The van der Waals surface area contributed by atoms with Gasteiger partial charge in [-0.3, -0.25) is 4.79 Å².